The Kier molecular flexibility index (Phi) is 2.25. The molecule has 84 valence electrons. The Labute approximate surface area is 96.1 Å². The van der Waals surface area contributed by atoms with Crippen molar-refractivity contribution in [3.05, 3.63) is 35.5 Å². The molecule has 0 saturated carbocycles. The Bertz CT molecular complexity index is 525. The van der Waals surface area contributed by atoms with Crippen LogP contribution in [0.1, 0.15) is 30.1 Å². The van der Waals surface area contributed by atoms with E-state index in [-0.39, 0.29) is 0 Å². The van der Waals surface area contributed by atoms with Crippen molar-refractivity contribution in [2.45, 2.75) is 32.2 Å². The van der Waals surface area contributed by atoms with E-state index < -0.39 is 0 Å². The number of fused-ring (bicyclic) bond motifs is 3. The van der Waals surface area contributed by atoms with Crippen molar-refractivity contribution in [3.8, 4) is 0 Å². The summed E-state index contributed by atoms with van der Waals surface area (Å²) in [5.41, 5.74) is 10.0. The van der Waals surface area contributed by atoms with E-state index in [1.54, 1.807) is 0 Å². The predicted molar refractivity (Wildman–Crippen MR) is 67.7 cm³/mol. The summed E-state index contributed by atoms with van der Waals surface area (Å²) in [4.78, 5) is 0. The first-order valence-electron chi connectivity index (χ1n) is 6.10. The second kappa shape index (κ2) is 3.63. The van der Waals surface area contributed by atoms with Crippen LogP contribution in [-0.2, 0) is 6.42 Å². The van der Waals surface area contributed by atoms with Gasteiger partial charge in [0, 0.05) is 29.2 Å². The SMILES string of the molecule is Cc1ccc2c(c1)cc1n2C(CN)CCC1. The van der Waals surface area contributed by atoms with Gasteiger partial charge in [0.1, 0.15) is 0 Å². The minimum absolute atomic E-state index is 0.504. The van der Waals surface area contributed by atoms with Crippen LogP contribution in [0.3, 0.4) is 0 Å². The van der Waals surface area contributed by atoms with Crippen LogP contribution >= 0.6 is 0 Å². The number of benzene rings is 1. The molecule has 1 aromatic heterocycles. The Balaban J connectivity index is 2.26. The van der Waals surface area contributed by atoms with E-state index in [1.807, 2.05) is 0 Å². The van der Waals surface area contributed by atoms with Gasteiger partial charge < -0.3 is 10.3 Å². The van der Waals surface area contributed by atoms with E-state index in [9.17, 15) is 0 Å². The van der Waals surface area contributed by atoms with Gasteiger partial charge in [0.25, 0.3) is 0 Å². The molecule has 2 aromatic rings. The molecule has 2 nitrogen and oxygen atoms in total. The fraction of sp³-hybridized carbons (Fsp3) is 0.429. The number of hydrogen-bond donors (Lipinski definition) is 1. The van der Waals surface area contributed by atoms with Gasteiger partial charge in [-0.25, -0.2) is 0 Å². The molecule has 0 spiro atoms. The third-order valence-electron chi connectivity index (χ3n) is 3.68. The van der Waals surface area contributed by atoms with Crippen LogP contribution < -0.4 is 5.73 Å². The molecule has 1 aliphatic heterocycles. The first kappa shape index (κ1) is 9.91. The van der Waals surface area contributed by atoms with Crippen molar-refractivity contribution in [1.29, 1.82) is 0 Å². The summed E-state index contributed by atoms with van der Waals surface area (Å²) in [6.07, 6.45) is 3.70. The Morgan fingerprint density at radius 1 is 1.38 bits per heavy atom. The number of nitrogens with two attached hydrogens (primary N) is 1. The number of rotatable bonds is 1. The average molecular weight is 214 g/mol. The Morgan fingerprint density at radius 2 is 2.25 bits per heavy atom. The molecule has 3 rings (SSSR count). The van der Waals surface area contributed by atoms with Gasteiger partial charge in [0.15, 0.2) is 0 Å². The molecule has 16 heavy (non-hydrogen) atoms. The Morgan fingerprint density at radius 3 is 3.06 bits per heavy atom. The lowest BCUT2D eigenvalue weighted by Crippen LogP contribution is -2.24. The lowest BCUT2D eigenvalue weighted by atomic mass is 10.0. The summed E-state index contributed by atoms with van der Waals surface area (Å²) in [5.74, 6) is 0. The van der Waals surface area contributed by atoms with Crippen LogP contribution in [0.2, 0.25) is 0 Å². The quantitative estimate of drug-likeness (QED) is 0.777. The first-order valence-corrected chi connectivity index (χ1v) is 6.10. The van der Waals surface area contributed by atoms with Crippen LogP contribution in [0.25, 0.3) is 10.9 Å². The van der Waals surface area contributed by atoms with Crippen LogP contribution in [0.5, 0.6) is 0 Å². The maximum absolute atomic E-state index is 5.88. The lowest BCUT2D eigenvalue weighted by Gasteiger charge is -2.25. The molecule has 0 bridgehead atoms. The second-order valence-electron chi connectivity index (χ2n) is 4.85. The summed E-state index contributed by atoms with van der Waals surface area (Å²) < 4.78 is 2.46. The van der Waals surface area contributed by atoms with Gasteiger partial charge in [-0.3, -0.25) is 0 Å². The zero-order valence-electron chi connectivity index (χ0n) is 9.74. The standard InChI is InChI=1S/C14H18N2/c1-10-5-6-14-11(7-10)8-12-3-2-4-13(9-15)16(12)14/h5-8,13H,2-4,9,15H2,1H3. The van der Waals surface area contributed by atoms with Crippen LogP contribution in [0.15, 0.2) is 24.3 Å². The van der Waals surface area contributed by atoms with Gasteiger partial charge in [0.05, 0.1) is 0 Å². The molecule has 2 heterocycles. The second-order valence-corrected chi connectivity index (χ2v) is 4.85. The number of nitrogens with zero attached hydrogens (tertiary/aromatic N) is 1. The van der Waals surface area contributed by atoms with Crippen LogP contribution in [0.4, 0.5) is 0 Å². The summed E-state index contributed by atoms with van der Waals surface area (Å²) in [7, 11) is 0. The zero-order valence-corrected chi connectivity index (χ0v) is 9.74. The lowest BCUT2D eigenvalue weighted by molar-refractivity contribution is 0.421. The molecule has 1 atom stereocenters. The molecule has 0 aliphatic carbocycles. The smallest absolute Gasteiger partial charge is 0.0485 e. The van der Waals surface area contributed by atoms with E-state index in [2.05, 4.69) is 35.8 Å². The van der Waals surface area contributed by atoms with Crippen molar-refractivity contribution in [3.63, 3.8) is 0 Å². The fourth-order valence-electron chi connectivity index (χ4n) is 2.91. The molecular weight excluding hydrogens is 196 g/mol. The van der Waals surface area contributed by atoms with E-state index >= 15 is 0 Å². The Hall–Kier alpha value is -1.28. The molecule has 1 aliphatic rings. The maximum Gasteiger partial charge on any atom is 0.0485 e. The highest BCUT2D eigenvalue weighted by atomic mass is 15.0. The van der Waals surface area contributed by atoms with Crippen molar-refractivity contribution in [1.82, 2.24) is 4.57 Å². The third-order valence-corrected chi connectivity index (χ3v) is 3.68. The monoisotopic (exact) mass is 214 g/mol. The summed E-state index contributed by atoms with van der Waals surface area (Å²) in [5, 5.41) is 1.37. The largest absolute Gasteiger partial charge is 0.340 e. The van der Waals surface area contributed by atoms with Crippen molar-refractivity contribution < 1.29 is 0 Å². The van der Waals surface area contributed by atoms with Gasteiger partial charge >= 0.3 is 0 Å². The highest BCUT2D eigenvalue weighted by Crippen LogP contribution is 2.31. The maximum atomic E-state index is 5.88. The topological polar surface area (TPSA) is 30.9 Å². The van der Waals surface area contributed by atoms with Gasteiger partial charge in [-0.1, -0.05) is 11.6 Å². The molecule has 2 heteroatoms. The molecule has 1 aromatic carbocycles. The van der Waals surface area contributed by atoms with Gasteiger partial charge in [0.2, 0.25) is 0 Å². The summed E-state index contributed by atoms with van der Waals surface area (Å²) in [6, 6.07) is 9.54. The van der Waals surface area contributed by atoms with Crippen LogP contribution in [-0.4, -0.2) is 11.1 Å². The number of hydrogen-bond acceptors (Lipinski definition) is 1. The van der Waals surface area contributed by atoms with Crippen LogP contribution in [0, 0.1) is 6.92 Å². The van der Waals surface area contributed by atoms with E-state index in [1.165, 1.54) is 41.4 Å². The average Bonchev–Trinajstić information content (AvgIpc) is 2.65. The number of aryl methyl sites for hydroxylation is 2. The highest BCUT2D eigenvalue weighted by molar-refractivity contribution is 5.82. The molecular formula is C14H18N2. The zero-order chi connectivity index (χ0) is 11.1. The summed E-state index contributed by atoms with van der Waals surface area (Å²) >= 11 is 0. The minimum Gasteiger partial charge on any atom is -0.340 e. The van der Waals surface area contributed by atoms with Crippen molar-refractivity contribution >= 4 is 10.9 Å². The van der Waals surface area contributed by atoms with E-state index in [0.29, 0.717) is 6.04 Å². The van der Waals surface area contributed by atoms with Gasteiger partial charge in [-0.15, -0.1) is 0 Å². The van der Waals surface area contributed by atoms with Gasteiger partial charge in [-0.2, -0.15) is 0 Å². The van der Waals surface area contributed by atoms with Gasteiger partial charge in [-0.05, 0) is 44.4 Å². The molecule has 0 radical (unpaired) electrons. The molecule has 2 N–H and O–H groups in total. The molecule has 0 fully saturated rings. The minimum atomic E-state index is 0.504. The third kappa shape index (κ3) is 1.37. The summed E-state index contributed by atoms with van der Waals surface area (Å²) in [6.45, 7) is 2.90. The van der Waals surface area contributed by atoms with E-state index in [0.717, 1.165) is 6.54 Å². The molecule has 0 saturated heterocycles. The van der Waals surface area contributed by atoms with E-state index in [4.69, 9.17) is 5.73 Å². The normalized spacial score (nSPS) is 20.0. The number of aromatic nitrogens is 1. The fourth-order valence-corrected chi connectivity index (χ4v) is 2.91. The van der Waals surface area contributed by atoms with Crippen molar-refractivity contribution in [2.24, 2.45) is 5.73 Å². The molecule has 1 unspecified atom stereocenters. The van der Waals surface area contributed by atoms with Crippen molar-refractivity contribution in [2.75, 3.05) is 6.54 Å². The first-order chi connectivity index (χ1) is 7.79. The molecule has 0 amide bonds. The highest BCUT2D eigenvalue weighted by Gasteiger charge is 2.20. The predicted octanol–water partition coefficient (Wildman–Crippen LogP) is 2.79.